The second-order valence-corrected chi connectivity index (χ2v) is 8.54. The van der Waals surface area contributed by atoms with E-state index in [1.807, 2.05) is 24.8 Å². The minimum absolute atomic E-state index is 0.124. The van der Waals surface area contributed by atoms with Gasteiger partial charge in [-0.3, -0.25) is 4.79 Å². The molecule has 1 amide bonds. The molecule has 138 valence electrons. The SMILES string of the molecule is Cc1cc(C(=O)N2CC[C@@]3(CN(C)C[C@@H]3COCC3CC3)C2)c(C)o1. The van der Waals surface area contributed by atoms with Crippen molar-refractivity contribution in [3.8, 4) is 0 Å². The molecule has 3 aliphatic rings. The minimum Gasteiger partial charge on any atom is -0.466 e. The smallest absolute Gasteiger partial charge is 0.257 e. The van der Waals surface area contributed by atoms with Crippen LogP contribution < -0.4 is 0 Å². The van der Waals surface area contributed by atoms with Crippen molar-refractivity contribution < 1.29 is 13.9 Å². The molecule has 0 bridgehead atoms. The summed E-state index contributed by atoms with van der Waals surface area (Å²) in [4.78, 5) is 17.4. The highest BCUT2D eigenvalue weighted by atomic mass is 16.5. The number of hydrogen-bond acceptors (Lipinski definition) is 4. The van der Waals surface area contributed by atoms with Gasteiger partial charge in [0.25, 0.3) is 5.91 Å². The lowest BCUT2D eigenvalue weighted by Crippen LogP contribution is -2.38. The second kappa shape index (κ2) is 6.44. The van der Waals surface area contributed by atoms with E-state index in [0.717, 1.165) is 68.8 Å². The van der Waals surface area contributed by atoms with Crippen LogP contribution in [0, 0.1) is 31.1 Å². The Kier molecular flexibility index (Phi) is 4.40. The van der Waals surface area contributed by atoms with E-state index < -0.39 is 0 Å². The number of aryl methyl sites for hydroxylation is 2. The van der Waals surface area contributed by atoms with Gasteiger partial charge in [0.15, 0.2) is 0 Å². The summed E-state index contributed by atoms with van der Waals surface area (Å²) in [7, 11) is 2.19. The quantitative estimate of drug-likeness (QED) is 0.822. The van der Waals surface area contributed by atoms with E-state index in [4.69, 9.17) is 9.15 Å². The van der Waals surface area contributed by atoms with Gasteiger partial charge in [0.05, 0.1) is 12.2 Å². The lowest BCUT2D eigenvalue weighted by atomic mass is 9.77. The molecule has 1 aliphatic carbocycles. The van der Waals surface area contributed by atoms with E-state index >= 15 is 0 Å². The normalized spacial score (nSPS) is 29.9. The Hall–Kier alpha value is -1.33. The van der Waals surface area contributed by atoms with Gasteiger partial charge in [0.2, 0.25) is 0 Å². The van der Waals surface area contributed by atoms with Crippen LogP contribution in [0.25, 0.3) is 0 Å². The largest absolute Gasteiger partial charge is 0.466 e. The second-order valence-electron chi connectivity index (χ2n) is 8.54. The van der Waals surface area contributed by atoms with Crippen molar-refractivity contribution in [2.75, 3.05) is 46.4 Å². The Morgan fingerprint density at radius 1 is 1.32 bits per heavy atom. The number of rotatable bonds is 5. The van der Waals surface area contributed by atoms with Crippen LogP contribution in [0.1, 0.15) is 41.1 Å². The molecule has 3 heterocycles. The van der Waals surface area contributed by atoms with Crippen LogP contribution in [-0.2, 0) is 4.74 Å². The molecule has 5 nitrogen and oxygen atoms in total. The highest BCUT2D eigenvalue weighted by molar-refractivity contribution is 5.95. The first-order valence-electron chi connectivity index (χ1n) is 9.59. The Bertz CT molecular complexity index is 651. The number of nitrogens with zero attached hydrogens (tertiary/aromatic N) is 2. The maximum atomic E-state index is 12.9. The number of likely N-dealkylation sites (tertiary alicyclic amines) is 2. The fourth-order valence-electron chi connectivity index (χ4n) is 4.74. The fourth-order valence-corrected chi connectivity index (χ4v) is 4.74. The third-order valence-corrected chi connectivity index (χ3v) is 6.30. The maximum Gasteiger partial charge on any atom is 0.257 e. The molecule has 2 aliphatic heterocycles. The number of carbonyl (C=O) groups excluding carboxylic acids is 1. The molecule has 2 atom stereocenters. The summed E-state index contributed by atoms with van der Waals surface area (Å²) in [6.07, 6.45) is 3.75. The van der Waals surface area contributed by atoms with Crippen LogP contribution in [-0.4, -0.2) is 62.1 Å². The van der Waals surface area contributed by atoms with Gasteiger partial charge in [-0.25, -0.2) is 0 Å². The predicted octanol–water partition coefficient (Wildman–Crippen LogP) is 2.72. The molecule has 1 saturated carbocycles. The number of amides is 1. The lowest BCUT2D eigenvalue weighted by Gasteiger charge is -2.30. The Balaban J connectivity index is 1.43. The zero-order chi connectivity index (χ0) is 17.6. The van der Waals surface area contributed by atoms with E-state index in [-0.39, 0.29) is 11.3 Å². The number of carbonyl (C=O) groups is 1. The topological polar surface area (TPSA) is 45.9 Å². The molecule has 5 heteroatoms. The van der Waals surface area contributed by atoms with Crippen molar-refractivity contribution in [3.63, 3.8) is 0 Å². The maximum absolute atomic E-state index is 12.9. The molecule has 1 spiro atoms. The molecule has 25 heavy (non-hydrogen) atoms. The average Bonchev–Trinajstić information content (AvgIpc) is 3.06. The van der Waals surface area contributed by atoms with Crippen molar-refractivity contribution in [2.24, 2.45) is 17.3 Å². The van der Waals surface area contributed by atoms with Gasteiger partial charge in [-0.1, -0.05) is 0 Å². The molecule has 0 radical (unpaired) electrons. The summed E-state index contributed by atoms with van der Waals surface area (Å²) in [5, 5.41) is 0. The molecule has 4 rings (SSSR count). The van der Waals surface area contributed by atoms with Crippen molar-refractivity contribution >= 4 is 5.91 Å². The van der Waals surface area contributed by atoms with Crippen LogP contribution in [0.5, 0.6) is 0 Å². The van der Waals surface area contributed by atoms with E-state index in [2.05, 4.69) is 11.9 Å². The summed E-state index contributed by atoms with van der Waals surface area (Å²) in [6.45, 7) is 9.37. The van der Waals surface area contributed by atoms with Crippen molar-refractivity contribution in [1.29, 1.82) is 0 Å². The molecular formula is C20H30N2O3. The zero-order valence-corrected chi connectivity index (χ0v) is 15.7. The van der Waals surface area contributed by atoms with Gasteiger partial charge >= 0.3 is 0 Å². The molecule has 2 saturated heterocycles. The lowest BCUT2D eigenvalue weighted by molar-refractivity contribution is 0.0529. The van der Waals surface area contributed by atoms with E-state index in [1.54, 1.807) is 0 Å². The third kappa shape index (κ3) is 3.36. The van der Waals surface area contributed by atoms with Gasteiger partial charge < -0.3 is 19.0 Å². The fraction of sp³-hybridized carbons (Fsp3) is 0.750. The van der Waals surface area contributed by atoms with Gasteiger partial charge in [0, 0.05) is 44.1 Å². The standard InChI is InChI=1S/C20H30N2O3/c1-14-8-18(15(2)25-14)19(23)22-7-6-20(13-22)12-21(3)9-17(20)11-24-10-16-4-5-16/h8,16-17H,4-7,9-13H2,1-3H3/t17-,20-/m1/s1. The molecule has 0 unspecified atom stereocenters. The van der Waals surface area contributed by atoms with Crippen LogP contribution in [0.4, 0.5) is 0 Å². The van der Waals surface area contributed by atoms with Crippen LogP contribution in [0.3, 0.4) is 0 Å². The number of hydrogen-bond donors (Lipinski definition) is 0. The van der Waals surface area contributed by atoms with E-state index in [9.17, 15) is 4.79 Å². The van der Waals surface area contributed by atoms with Crippen LogP contribution in [0.2, 0.25) is 0 Å². The average molecular weight is 346 g/mol. The molecular weight excluding hydrogens is 316 g/mol. The first-order chi connectivity index (χ1) is 12.0. The highest BCUT2D eigenvalue weighted by Gasteiger charge is 2.50. The minimum atomic E-state index is 0.124. The molecule has 0 aromatic carbocycles. The van der Waals surface area contributed by atoms with E-state index in [1.165, 1.54) is 12.8 Å². The van der Waals surface area contributed by atoms with Gasteiger partial charge in [-0.15, -0.1) is 0 Å². The summed E-state index contributed by atoms with van der Waals surface area (Å²) in [5.74, 6) is 3.00. The number of ether oxygens (including phenoxy) is 1. The van der Waals surface area contributed by atoms with Gasteiger partial charge in [-0.2, -0.15) is 0 Å². The molecule has 1 aromatic heterocycles. The van der Waals surface area contributed by atoms with Gasteiger partial charge in [-0.05, 0) is 52.1 Å². The summed E-state index contributed by atoms with van der Waals surface area (Å²) < 4.78 is 11.6. The number of furan rings is 1. The van der Waals surface area contributed by atoms with Crippen LogP contribution >= 0.6 is 0 Å². The van der Waals surface area contributed by atoms with E-state index in [0.29, 0.717) is 5.92 Å². The summed E-state index contributed by atoms with van der Waals surface area (Å²) in [5.41, 5.74) is 0.920. The zero-order valence-electron chi connectivity index (χ0n) is 15.7. The van der Waals surface area contributed by atoms with Crippen molar-refractivity contribution in [1.82, 2.24) is 9.80 Å². The highest BCUT2D eigenvalue weighted by Crippen LogP contribution is 2.44. The Labute approximate surface area is 150 Å². The molecule has 0 N–H and O–H groups in total. The van der Waals surface area contributed by atoms with Gasteiger partial charge in [0.1, 0.15) is 11.5 Å². The molecule has 1 aromatic rings. The Morgan fingerprint density at radius 3 is 2.80 bits per heavy atom. The first-order valence-corrected chi connectivity index (χ1v) is 9.59. The predicted molar refractivity (Wildman–Crippen MR) is 95.7 cm³/mol. The summed E-state index contributed by atoms with van der Waals surface area (Å²) >= 11 is 0. The summed E-state index contributed by atoms with van der Waals surface area (Å²) in [6, 6.07) is 1.87. The van der Waals surface area contributed by atoms with Crippen molar-refractivity contribution in [2.45, 2.75) is 33.1 Å². The Morgan fingerprint density at radius 2 is 2.12 bits per heavy atom. The van der Waals surface area contributed by atoms with Crippen LogP contribution in [0.15, 0.2) is 10.5 Å². The van der Waals surface area contributed by atoms with Crippen molar-refractivity contribution in [3.05, 3.63) is 23.2 Å². The monoisotopic (exact) mass is 346 g/mol. The third-order valence-electron chi connectivity index (χ3n) is 6.30. The first kappa shape index (κ1) is 17.1. The molecule has 3 fully saturated rings.